The molecule has 0 amide bonds. The minimum absolute atomic E-state index is 0.690. The standard InChI is InChI=1S/C27H31BrN6/c1-33(2)15-6-5-14-29-26-25-23(20-8-7-9-21(28)16-20)17-24(32-27(25)31-18-30-26)19-10-12-22(13-11-19)34(3)4/h7-13,16-18H,5-6,14-15H2,1-4H3,(H,29,30,31,32). The van der Waals surface area contributed by atoms with E-state index in [1.165, 1.54) is 0 Å². The first-order chi connectivity index (χ1) is 16.4. The number of pyridine rings is 1. The van der Waals surface area contributed by atoms with Gasteiger partial charge < -0.3 is 15.1 Å². The molecule has 0 aliphatic heterocycles. The van der Waals surface area contributed by atoms with E-state index in [0.29, 0.717) is 5.65 Å². The molecule has 2 aromatic carbocycles. The van der Waals surface area contributed by atoms with Crippen LogP contribution in [0.1, 0.15) is 12.8 Å². The zero-order chi connectivity index (χ0) is 24.1. The Morgan fingerprint density at radius 1 is 0.882 bits per heavy atom. The van der Waals surface area contributed by atoms with Crippen LogP contribution in [-0.4, -0.2) is 61.1 Å². The van der Waals surface area contributed by atoms with Crippen LogP contribution >= 0.6 is 15.9 Å². The minimum Gasteiger partial charge on any atom is -0.378 e. The molecule has 0 radical (unpaired) electrons. The van der Waals surface area contributed by atoms with Gasteiger partial charge in [0.2, 0.25) is 0 Å². The van der Waals surface area contributed by atoms with Crippen LogP contribution in [0.5, 0.6) is 0 Å². The lowest BCUT2D eigenvalue weighted by Gasteiger charge is -2.15. The lowest BCUT2D eigenvalue weighted by molar-refractivity contribution is 0.396. The summed E-state index contributed by atoms with van der Waals surface area (Å²) >= 11 is 3.63. The SMILES string of the molecule is CN(C)CCCCNc1ncnc2nc(-c3ccc(N(C)C)cc3)cc(-c3cccc(Br)c3)c12. The zero-order valence-electron chi connectivity index (χ0n) is 20.2. The molecule has 0 atom stereocenters. The molecular formula is C27H31BrN6. The summed E-state index contributed by atoms with van der Waals surface area (Å²) in [5.41, 5.74) is 5.95. The number of nitrogens with zero attached hydrogens (tertiary/aromatic N) is 5. The van der Waals surface area contributed by atoms with Gasteiger partial charge in [-0.3, -0.25) is 0 Å². The van der Waals surface area contributed by atoms with Gasteiger partial charge in [-0.05, 0) is 74.9 Å². The van der Waals surface area contributed by atoms with E-state index in [-0.39, 0.29) is 0 Å². The van der Waals surface area contributed by atoms with Gasteiger partial charge >= 0.3 is 0 Å². The van der Waals surface area contributed by atoms with Crippen molar-refractivity contribution in [2.75, 3.05) is 51.5 Å². The maximum atomic E-state index is 4.93. The normalized spacial score (nSPS) is 11.2. The highest BCUT2D eigenvalue weighted by molar-refractivity contribution is 9.10. The van der Waals surface area contributed by atoms with Gasteiger partial charge in [-0.25, -0.2) is 15.0 Å². The predicted octanol–water partition coefficient (Wildman–Crippen LogP) is 5.94. The molecule has 176 valence electrons. The predicted molar refractivity (Wildman–Crippen MR) is 147 cm³/mol. The molecule has 0 bridgehead atoms. The molecule has 0 spiro atoms. The Morgan fingerprint density at radius 2 is 1.68 bits per heavy atom. The molecular weight excluding hydrogens is 488 g/mol. The second-order valence-corrected chi connectivity index (χ2v) is 9.78. The van der Waals surface area contributed by atoms with Gasteiger partial charge in [0, 0.05) is 36.4 Å². The Morgan fingerprint density at radius 3 is 2.38 bits per heavy atom. The third kappa shape index (κ3) is 5.72. The summed E-state index contributed by atoms with van der Waals surface area (Å²) < 4.78 is 1.03. The van der Waals surface area contributed by atoms with Crippen molar-refractivity contribution >= 4 is 38.5 Å². The number of fused-ring (bicyclic) bond motifs is 1. The Hall–Kier alpha value is -3.03. The highest BCUT2D eigenvalue weighted by Crippen LogP contribution is 2.35. The van der Waals surface area contributed by atoms with Crippen molar-refractivity contribution in [3.8, 4) is 22.4 Å². The van der Waals surface area contributed by atoms with Crippen molar-refractivity contribution in [2.45, 2.75) is 12.8 Å². The van der Waals surface area contributed by atoms with Gasteiger partial charge in [-0.15, -0.1) is 0 Å². The summed E-state index contributed by atoms with van der Waals surface area (Å²) in [7, 11) is 8.29. The number of rotatable bonds is 9. The molecule has 6 nitrogen and oxygen atoms in total. The van der Waals surface area contributed by atoms with Gasteiger partial charge in [-0.1, -0.05) is 40.2 Å². The maximum Gasteiger partial charge on any atom is 0.165 e. The van der Waals surface area contributed by atoms with E-state index in [1.807, 2.05) is 20.2 Å². The Kier molecular flexibility index (Phi) is 7.75. The summed E-state index contributed by atoms with van der Waals surface area (Å²) in [6, 6.07) is 18.9. The van der Waals surface area contributed by atoms with Crippen LogP contribution in [0.15, 0.2) is 65.4 Å². The summed E-state index contributed by atoms with van der Waals surface area (Å²) in [5, 5.41) is 4.48. The maximum absolute atomic E-state index is 4.93. The average Bonchev–Trinajstić information content (AvgIpc) is 2.83. The molecule has 0 aliphatic carbocycles. The molecule has 34 heavy (non-hydrogen) atoms. The largest absolute Gasteiger partial charge is 0.378 e. The molecule has 1 N–H and O–H groups in total. The lowest BCUT2D eigenvalue weighted by Crippen LogP contribution is -2.14. The summed E-state index contributed by atoms with van der Waals surface area (Å²) in [4.78, 5) is 18.4. The quantitative estimate of drug-likeness (QED) is 0.276. The molecule has 0 saturated heterocycles. The van der Waals surface area contributed by atoms with Crippen LogP contribution in [0.3, 0.4) is 0 Å². The molecule has 4 aromatic rings. The van der Waals surface area contributed by atoms with Gasteiger partial charge in [0.15, 0.2) is 5.65 Å². The van der Waals surface area contributed by atoms with Crippen LogP contribution < -0.4 is 10.2 Å². The van der Waals surface area contributed by atoms with Crippen LogP contribution in [-0.2, 0) is 0 Å². The summed E-state index contributed by atoms with van der Waals surface area (Å²) in [6.07, 6.45) is 3.80. The Bertz CT molecular complexity index is 1250. The van der Waals surface area contributed by atoms with Crippen LogP contribution in [0.25, 0.3) is 33.4 Å². The lowest BCUT2D eigenvalue weighted by atomic mass is 9.99. The van der Waals surface area contributed by atoms with Crippen molar-refractivity contribution < 1.29 is 0 Å². The van der Waals surface area contributed by atoms with Gasteiger partial charge in [0.05, 0.1) is 11.1 Å². The number of unbranched alkanes of at least 4 members (excludes halogenated alkanes) is 1. The van der Waals surface area contributed by atoms with E-state index < -0.39 is 0 Å². The number of benzene rings is 2. The van der Waals surface area contributed by atoms with Gasteiger partial charge in [0.25, 0.3) is 0 Å². The zero-order valence-corrected chi connectivity index (χ0v) is 21.8. The van der Waals surface area contributed by atoms with E-state index >= 15 is 0 Å². The molecule has 2 aromatic heterocycles. The van der Waals surface area contributed by atoms with Crippen molar-refractivity contribution in [2.24, 2.45) is 0 Å². The highest BCUT2D eigenvalue weighted by Gasteiger charge is 2.15. The van der Waals surface area contributed by atoms with Crippen molar-refractivity contribution in [1.29, 1.82) is 0 Å². The fraction of sp³-hybridized carbons (Fsp3) is 0.296. The van der Waals surface area contributed by atoms with Crippen LogP contribution in [0, 0.1) is 0 Å². The third-order valence-electron chi connectivity index (χ3n) is 5.74. The van der Waals surface area contributed by atoms with E-state index in [2.05, 4.69) is 104 Å². The first-order valence-electron chi connectivity index (χ1n) is 11.5. The van der Waals surface area contributed by atoms with Gasteiger partial charge in [-0.2, -0.15) is 0 Å². The van der Waals surface area contributed by atoms with Gasteiger partial charge in [0.1, 0.15) is 12.1 Å². The number of nitrogens with one attached hydrogen (secondary N) is 1. The number of anilines is 2. The molecule has 0 saturated carbocycles. The second-order valence-electron chi connectivity index (χ2n) is 8.86. The van der Waals surface area contributed by atoms with E-state index in [4.69, 9.17) is 4.98 Å². The van der Waals surface area contributed by atoms with Crippen molar-refractivity contribution in [1.82, 2.24) is 19.9 Å². The average molecular weight is 519 g/mol. The second kappa shape index (κ2) is 10.9. The molecule has 0 aliphatic rings. The summed E-state index contributed by atoms with van der Waals surface area (Å²) in [6.45, 7) is 1.93. The topological polar surface area (TPSA) is 57.2 Å². The molecule has 0 unspecified atom stereocenters. The van der Waals surface area contributed by atoms with E-state index in [9.17, 15) is 0 Å². The minimum atomic E-state index is 0.690. The number of aromatic nitrogens is 3. The smallest absolute Gasteiger partial charge is 0.165 e. The van der Waals surface area contributed by atoms with Crippen LogP contribution in [0.2, 0.25) is 0 Å². The molecule has 7 heteroatoms. The fourth-order valence-electron chi connectivity index (χ4n) is 3.92. The first-order valence-corrected chi connectivity index (χ1v) is 12.3. The molecule has 4 rings (SSSR count). The van der Waals surface area contributed by atoms with E-state index in [1.54, 1.807) is 6.33 Å². The van der Waals surface area contributed by atoms with Crippen molar-refractivity contribution in [3.63, 3.8) is 0 Å². The fourth-order valence-corrected chi connectivity index (χ4v) is 4.32. The van der Waals surface area contributed by atoms with Crippen LogP contribution in [0.4, 0.5) is 11.5 Å². The Labute approximate surface area is 210 Å². The van der Waals surface area contributed by atoms with E-state index in [0.717, 1.165) is 69.7 Å². The number of halogens is 1. The Balaban J connectivity index is 1.77. The van der Waals surface area contributed by atoms with Crippen molar-refractivity contribution in [3.05, 3.63) is 65.4 Å². The molecule has 0 fully saturated rings. The summed E-state index contributed by atoms with van der Waals surface area (Å²) in [5.74, 6) is 0.826. The first kappa shape index (κ1) is 24.1. The third-order valence-corrected chi connectivity index (χ3v) is 6.24. The monoisotopic (exact) mass is 518 g/mol. The molecule has 2 heterocycles. The number of hydrogen-bond acceptors (Lipinski definition) is 6. The highest BCUT2D eigenvalue weighted by atomic mass is 79.9. The number of hydrogen-bond donors (Lipinski definition) is 1.